The molecule has 22 heavy (non-hydrogen) atoms. The minimum atomic E-state index is 0.433. The van der Waals surface area contributed by atoms with E-state index >= 15 is 0 Å². The van der Waals surface area contributed by atoms with Gasteiger partial charge in [0.1, 0.15) is 0 Å². The molecule has 6 heteroatoms. The van der Waals surface area contributed by atoms with E-state index in [1.54, 1.807) is 25.6 Å². The molecule has 0 aliphatic carbocycles. The summed E-state index contributed by atoms with van der Waals surface area (Å²) in [7, 11) is 3.23. The van der Waals surface area contributed by atoms with Crippen LogP contribution in [0.15, 0.2) is 34.6 Å². The van der Waals surface area contributed by atoms with Gasteiger partial charge in [0.15, 0.2) is 17.5 Å². The molecule has 0 atom stereocenters. The quantitative estimate of drug-likeness (QED) is 0.634. The Morgan fingerprint density at radius 2 is 2.00 bits per heavy atom. The van der Waals surface area contributed by atoms with Crippen LogP contribution in [0.25, 0.3) is 0 Å². The minimum Gasteiger partial charge on any atom is -0.493 e. The van der Waals surface area contributed by atoms with Crippen molar-refractivity contribution in [3.63, 3.8) is 0 Å². The predicted octanol–water partition coefficient (Wildman–Crippen LogP) is 2.68. The lowest BCUT2D eigenvalue weighted by molar-refractivity contribution is 0.354. The Kier molecular flexibility index (Phi) is 5.66. The standard InChI is InChI=1S/C16H21N3O2S/c1-11-6-7-22-15(11)10-19-16(17)18-9-12-4-5-13(20-2)14(8-12)21-3/h4-8H,9-10H2,1-3H3,(H3,17,18,19). The van der Waals surface area contributed by atoms with Crippen molar-refractivity contribution in [2.75, 3.05) is 14.2 Å². The van der Waals surface area contributed by atoms with Gasteiger partial charge in [-0.3, -0.25) is 0 Å². The normalized spacial score (nSPS) is 11.3. The first-order chi connectivity index (χ1) is 10.6. The molecule has 0 bridgehead atoms. The molecule has 2 rings (SSSR count). The number of nitrogens with zero attached hydrogens (tertiary/aromatic N) is 1. The maximum absolute atomic E-state index is 5.90. The molecule has 0 saturated carbocycles. The van der Waals surface area contributed by atoms with Gasteiger partial charge in [-0.1, -0.05) is 6.07 Å². The number of thiophene rings is 1. The Hall–Kier alpha value is -2.21. The maximum Gasteiger partial charge on any atom is 0.189 e. The van der Waals surface area contributed by atoms with Crippen molar-refractivity contribution in [1.29, 1.82) is 0 Å². The summed E-state index contributed by atoms with van der Waals surface area (Å²) in [5.41, 5.74) is 8.18. The number of guanidine groups is 1. The van der Waals surface area contributed by atoms with Gasteiger partial charge in [0.05, 0.1) is 27.3 Å². The van der Waals surface area contributed by atoms with Gasteiger partial charge in [-0.25, -0.2) is 4.99 Å². The molecule has 0 saturated heterocycles. The monoisotopic (exact) mass is 319 g/mol. The summed E-state index contributed by atoms with van der Waals surface area (Å²) in [4.78, 5) is 5.61. The molecule has 118 valence electrons. The molecule has 0 aliphatic rings. The highest BCUT2D eigenvalue weighted by atomic mass is 32.1. The van der Waals surface area contributed by atoms with Gasteiger partial charge in [0.25, 0.3) is 0 Å². The Balaban J connectivity index is 1.94. The number of nitrogens with two attached hydrogens (primary N) is 1. The minimum absolute atomic E-state index is 0.433. The second-order valence-corrected chi connectivity index (χ2v) is 5.77. The number of rotatable bonds is 6. The summed E-state index contributed by atoms with van der Waals surface area (Å²) < 4.78 is 10.5. The van der Waals surface area contributed by atoms with E-state index in [0.717, 1.165) is 5.56 Å². The van der Waals surface area contributed by atoms with E-state index in [4.69, 9.17) is 15.2 Å². The molecule has 0 fully saturated rings. The molecule has 5 nitrogen and oxygen atoms in total. The molecule has 0 radical (unpaired) electrons. The van der Waals surface area contributed by atoms with E-state index in [9.17, 15) is 0 Å². The van der Waals surface area contributed by atoms with Crippen LogP contribution in [-0.2, 0) is 13.1 Å². The first-order valence-corrected chi connectivity index (χ1v) is 7.79. The van der Waals surface area contributed by atoms with Crippen molar-refractivity contribution in [3.8, 4) is 11.5 Å². The first-order valence-electron chi connectivity index (χ1n) is 6.91. The first kappa shape index (κ1) is 16.2. The summed E-state index contributed by atoms with van der Waals surface area (Å²) >= 11 is 1.71. The molecular formula is C16H21N3O2S. The molecule has 0 spiro atoms. The van der Waals surface area contributed by atoms with Gasteiger partial charge < -0.3 is 20.5 Å². The number of nitrogens with one attached hydrogen (secondary N) is 1. The maximum atomic E-state index is 5.90. The second kappa shape index (κ2) is 7.70. The summed E-state index contributed by atoms with van der Waals surface area (Å²) in [6, 6.07) is 7.81. The molecule has 1 aromatic carbocycles. The lowest BCUT2D eigenvalue weighted by atomic mass is 10.2. The van der Waals surface area contributed by atoms with Crippen LogP contribution in [0.4, 0.5) is 0 Å². The van der Waals surface area contributed by atoms with E-state index < -0.39 is 0 Å². The van der Waals surface area contributed by atoms with Crippen LogP contribution in [-0.4, -0.2) is 20.2 Å². The smallest absolute Gasteiger partial charge is 0.189 e. The average molecular weight is 319 g/mol. The molecule has 1 aromatic heterocycles. The van der Waals surface area contributed by atoms with Gasteiger partial charge in [-0.05, 0) is 41.6 Å². The van der Waals surface area contributed by atoms with Crippen LogP contribution < -0.4 is 20.5 Å². The number of hydrogen-bond donors (Lipinski definition) is 2. The zero-order valence-electron chi connectivity index (χ0n) is 13.1. The van der Waals surface area contributed by atoms with Gasteiger partial charge in [0, 0.05) is 4.88 Å². The van der Waals surface area contributed by atoms with Crippen molar-refractivity contribution in [3.05, 3.63) is 45.6 Å². The van der Waals surface area contributed by atoms with Crippen LogP contribution in [0.3, 0.4) is 0 Å². The third-order valence-electron chi connectivity index (χ3n) is 3.28. The number of ether oxygens (including phenoxy) is 2. The van der Waals surface area contributed by atoms with E-state index in [0.29, 0.717) is 30.5 Å². The number of benzene rings is 1. The Labute approximate surface area is 134 Å². The van der Waals surface area contributed by atoms with Crippen molar-refractivity contribution >= 4 is 17.3 Å². The molecule has 0 unspecified atom stereocenters. The fraction of sp³-hybridized carbons (Fsp3) is 0.312. The van der Waals surface area contributed by atoms with Gasteiger partial charge >= 0.3 is 0 Å². The zero-order chi connectivity index (χ0) is 15.9. The Bertz CT molecular complexity index is 653. The van der Waals surface area contributed by atoms with Crippen molar-refractivity contribution in [2.45, 2.75) is 20.0 Å². The van der Waals surface area contributed by atoms with Gasteiger partial charge in [0.2, 0.25) is 0 Å². The SMILES string of the molecule is COc1ccc(CN=C(N)NCc2sccc2C)cc1OC. The molecule has 0 amide bonds. The number of hydrogen-bond acceptors (Lipinski definition) is 4. The van der Waals surface area contributed by atoms with Crippen molar-refractivity contribution in [2.24, 2.45) is 10.7 Å². The van der Waals surface area contributed by atoms with Crippen LogP contribution in [0.5, 0.6) is 11.5 Å². The fourth-order valence-corrected chi connectivity index (χ4v) is 2.81. The number of methoxy groups -OCH3 is 2. The van der Waals surface area contributed by atoms with E-state index in [2.05, 4.69) is 28.7 Å². The molecule has 1 heterocycles. The summed E-state index contributed by atoms with van der Waals surface area (Å²) in [5.74, 6) is 1.83. The highest BCUT2D eigenvalue weighted by molar-refractivity contribution is 7.10. The predicted molar refractivity (Wildman–Crippen MR) is 90.8 cm³/mol. The molecule has 0 aliphatic heterocycles. The molecule has 3 N–H and O–H groups in total. The largest absolute Gasteiger partial charge is 0.493 e. The molecular weight excluding hydrogens is 298 g/mol. The average Bonchev–Trinajstić information content (AvgIpc) is 2.95. The van der Waals surface area contributed by atoms with Gasteiger partial charge in [-0.15, -0.1) is 11.3 Å². The van der Waals surface area contributed by atoms with Crippen LogP contribution in [0, 0.1) is 6.92 Å². The highest BCUT2D eigenvalue weighted by Gasteiger charge is 2.04. The van der Waals surface area contributed by atoms with Crippen LogP contribution in [0.1, 0.15) is 16.0 Å². The Morgan fingerprint density at radius 3 is 2.64 bits per heavy atom. The van der Waals surface area contributed by atoms with E-state index in [1.807, 2.05) is 18.2 Å². The highest BCUT2D eigenvalue weighted by Crippen LogP contribution is 2.27. The number of aryl methyl sites for hydroxylation is 1. The summed E-state index contributed by atoms with van der Waals surface area (Å²) in [6.45, 7) is 3.28. The zero-order valence-corrected chi connectivity index (χ0v) is 13.9. The Morgan fingerprint density at radius 1 is 1.23 bits per heavy atom. The number of aliphatic imine (C=N–C) groups is 1. The topological polar surface area (TPSA) is 68.9 Å². The third kappa shape index (κ3) is 4.14. The van der Waals surface area contributed by atoms with Crippen molar-refractivity contribution in [1.82, 2.24) is 5.32 Å². The van der Waals surface area contributed by atoms with E-state index in [1.165, 1.54) is 10.4 Å². The van der Waals surface area contributed by atoms with Crippen LogP contribution in [0.2, 0.25) is 0 Å². The summed E-state index contributed by atoms with van der Waals surface area (Å²) in [6.07, 6.45) is 0. The molecule has 2 aromatic rings. The van der Waals surface area contributed by atoms with Crippen molar-refractivity contribution < 1.29 is 9.47 Å². The lowest BCUT2D eigenvalue weighted by Gasteiger charge is -2.09. The van der Waals surface area contributed by atoms with E-state index in [-0.39, 0.29) is 0 Å². The summed E-state index contributed by atoms with van der Waals surface area (Å²) in [5, 5.41) is 5.20. The second-order valence-electron chi connectivity index (χ2n) is 4.77. The van der Waals surface area contributed by atoms with Gasteiger partial charge in [-0.2, -0.15) is 0 Å². The lowest BCUT2D eigenvalue weighted by Crippen LogP contribution is -2.31. The third-order valence-corrected chi connectivity index (χ3v) is 4.30. The van der Waals surface area contributed by atoms with Crippen LogP contribution >= 0.6 is 11.3 Å². The fourth-order valence-electron chi connectivity index (χ4n) is 1.97.